The molecule has 10 nitrogen and oxygen atoms in total. The standard InChI is InChI=1S/C28H34N4O6S/c1-17-21-24(33)32(28(2,3)26(34)35)27(36)31(25(21)39-22(17)23-29-12-15-38-23)16-19(30-13-8-5-9-14-30)18-10-6-7-11-20(18)37-4/h6-7,10-12,15,19,21,25H,5,8-9,13-14,16H2,1-4H3,(H,34,35). The molecule has 0 bridgehead atoms. The summed E-state index contributed by atoms with van der Waals surface area (Å²) in [7, 11) is 1.63. The summed E-state index contributed by atoms with van der Waals surface area (Å²) in [5, 5.41) is 9.46. The van der Waals surface area contributed by atoms with Crippen molar-refractivity contribution in [3.05, 3.63) is 53.8 Å². The Balaban J connectivity index is 1.60. The fraction of sp³-hybridized carbons (Fsp3) is 0.500. The molecule has 1 N–H and O–H groups in total. The summed E-state index contributed by atoms with van der Waals surface area (Å²) in [4.78, 5) is 50.3. The Kier molecular flexibility index (Phi) is 7.47. The van der Waals surface area contributed by atoms with Crippen LogP contribution in [0.25, 0.3) is 4.91 Å². The van der Waals surface area contributed by atoms with Crippen LogP contribution in [-0.4, -0.2) is 80.4 Å². The van der Waals surface area contributed by atoms with Crippen molar-refractivity contribution < 1.29 is 28.6 Å². The number of ether oxygens (including phenoxy) is 1. The number of hydrogen-bond acceptors (Lipinski definition) is 8. The lowest BCUT2D eigenvalue weighted by atomic mass is 9.91. The van der Waals surface area contributed by atoms with Crippen LogP contribution in [-0.2, 0) is 9.59 Å². The zero-order valence-electron chi connectivity index (χ0n) is 22.6. The van der Waals surface area contributed by atoms with Gasteiger partial charge in [0.15, 0.2) is 0 Å². The molecule has 5 rings (SSSR count). The Morgan fingerprint density at radius 1 is 1.23 bits per heavy atom. The maximum Gasteiger partial charge on any atom is 0.329 e. The third kappa shape index (κ3) is 4.71. The molecule has 3 unspecified atom stereocenters. The fourth-order valence-electron chi connectivity index (χ4n) is 5.77. The molecule has 2 fully saturated rings. The predicted octanol–water partition coefficient (Wildman–Crippen LogP) is 4.46. The summed E-state index contributed by atoms with van der Waals surface area (Å²) in [5.74, 6) is -1.39. The van der Waals surface area contributed by atoms with Crippen molar-refractivity contribution in [1.29, 1.82) is 0 Å². The largest absolute Gasteiger partial charge is 0.496 e. The second-order valence-electron chi connectivity index (χ2n) is 10.7. The highest BCUT2D eigenvalue weighted by molar-refractivity contribution is 8.09. The molecule has 0 saturated carbocycles. The van der Waals surface area contributed by atoms with Gasteiger partial charge < -0.3 is 19.2 Å². The van der Waals surface area contributed by atoms with Gasteiger partial charge in [0.1, 0.15) is 17.6 Å². The Labute approximate surface area is 232 Å². The molecule has 3 amide bonds. The summed E-state index contributed by atoms with van der Waals surface area (Å²) >= 11 is 1.37. The van der Waals surface area contributed by atoms with Crippen LogP contribution in [0.4, 0.5) is 4.79 Å². The first-order valence-electron chi connectivity index (χ1n) is 13.2. The lowest BCUT2D eigenvalue weighted by Crippen LogP contribution is -2.68. The number of benzene rings is 1. The van der Waals surface area contributed by atoms with Crippen LogP contribution in [0.2, 0.25) is 0 Å². The van der Waals surface area contributed by atoms with Crippen LogP contribution in [0, 0.1) is 5.92 Å². The number of aromatic nitrogens is 1. The number of imide groups is 1. The highest BCUT2D eigenvalue weighted by atomic mass is 32.2. The number of carboxylic acid groups (broad SMARTS) is 1. The number of thioether (sulfide) groups is 1. The van der Waals surface area contributed by atoms with Crippen molar-refractivity contribution in [1.82, 2.24) is 19.7 Å². The highest BCUT2D eigenvalue weighted by Gasteiger charge is 2.57. The van der Waals surface area contributed by atoms with Gasteiger partial charge in [0.25, 0.3) is 0 Å². The van der Waals surface area contributed by atoms with Gasteiger partial charge in [0.05, 0.1) is 35.5 Å². The molecule has 2 aromatic rings. The number of urea groups is 1. The number of carbonyl (C=O) groups excluding carboxylic acids is 2. The van der Waals surface area contributed by atoms with Crippen molar-refractivity contribution in [3.8, 4) is 5.75 Å². The minimum Gasteiger partial charge on any atom is -0.496 e. The number of nitrogens with zero attached hydrogens (tertiary/aromatic N) is 4. The van der Waals surface area contributed by atoms with E-state index >= 15 is 0 Å². The van der Waals surface area contributed by atoms with Crippen LogP contribution >= 0.6 is 11.8 Å². The van der Waals surface area contributed by atoms with E-state index in [-0.39, 0.29) is 12.6 Å². The molecule has 0 aliphatic carbocycles. The number of carbonyl (C=O) groups is 3. The van der Waals surface area contributed by atoms with Gasteiger partial charge in [0, 0.05) is 12.1 Å². The number of piperidine rings is 1. The fourth-order valence-corrected chi connectivity index (χ4v) is 7.29. The van der Waals surface area contributed by atoms with E-state index in [9.17, 15) is 19.5 Å². The average molecular weight is 555 g/mol. The monoisotopic (exact) mass is 554 g/mol. The van der Waals surface area contributed by atoms with E-state index in [1.165, 1.54) is 38.1 Å². The lowest BCUT2D eigenvalue weighted by Gasteiger charge is -2.48. The molecular weight excluding hydrogens is 520 g/mol. The zero-order valence-corrected chi connectivity index (χ0v) is 23.4. The van der Waals surface area contributed by atoms with Gasteiger partial charge in [-0.25, -0.2) is 19.5 Å². The first-order chi connectivity index (χ1) is 18.7. The second-order valence-corrected chi connectivity index (χ2v) is 11.8. The summed E-state index contributed by atoms with van der Waals surface area (Å²) in [6.45, 7) is 6.61. The first kappa shape index (κ1) is 27.3. The molecule has 3 aliphatic heterocycles. The van der Waals surface area contributed by atoms with E-state index < -0.39 is 34.7 Å². The number of fused-ring (bicyclic) bond motifs is 1. The maximum absolute atomic E-state index is 14.2. The SMILES string of the molecule is COc1ccccc1C(CN1C(=O)N(C(C)(C)C(=O)O)C(=O)C2C(C)=C(c3ncco3)SC21)N1CCCCC1. The number of amides is 3. The van der Waals surface area contributed by atoms with Crippen LogP contribution in [0.5, 0.6) is 5.75 Å². The Bertz CT molecular complexity index is 1290. The Morgan fingerprint density at radius 3 is 2.59 bits per heavy atom. The number of para-hydroxylation sites is 1. The summed E-state index contributed by atoms with van der Waals surface area (Å²) in [5.41, 5.74) is -0.0697. The van der Waals surface area contributed by atoms with E-state index in [1.807, 2.05) is 31.2 Å². The van der Waals surface area contributed by atoms with Gasteiger partial charge in [-0.3, -0.25) is 9.69 Å². The number of hydrogen-bond donors (Lipinski definition) is 1. The van der Waals surface area contributed by atoms with Gasteiger partial charge in [-0.05, 0) is 58.3 Å². The molecule has 0 spiro atoms. The topological polar surface area (TPSA) is 116 Å². The molecule has 2 saturated heterocycles. The molecule has 11 heteroatoms. The normalized spacial score (nSPS) is 23.3. The van der Waals surface area contributed by atoms with E-state index in [1.54, 1.807) is 12.0 Å². The van der Waals surface area contributed by atoms with Gasteiger partial charge in [-0.1, -0.05) is 36.4 Å². The van der Waals surface area contributed by atoms with Crippen LogP contribution < -0.4 is 4.74 Å². The van der Waals surface area contributed by atoms with Crippen molar-refractivity contribution in [2.24, 2.45) is 5.92 Å². The van der Waals surface area contributed by atoms with Gasteiger partial charge >= 0.3 is 12.0 Å². The Morgan fingerprint density at radius 2 is 1.95 bits per heavy atom. The van der Waals surface area contributed by atoms with E-state index in [4.69, 9.17) is 9.15 Å². The molecule has 208 valence electrons. The van der Waals surface area contributed by atoms with Crippen LogP contribution in [0.1, 0.15) is 57.5 Å². The molecule has 39 heavy (non-hydrogen) atoms. The van der Waals surface area contributed by atoms with Crippen LogP contribution in [0.15, 0.2) is 46.7 Å². The molecule has 4 heterocycles. The van der Waals surface area contributed by atoms with Gasteiger partial charge in [-0.15, -0.1) is 0 Å². The second kappa shape index (κ2) is 10.7. The van der Waals surface area contributed by atoms with Crippen molar-refractivity contribution >= 4 is 34.6 Å². The molecular formula is C28H34N4O6S. The zero-order chi connectivity index (χ0) is 27.9. The van der Waals surface area contributed by atoms with Crippen molar-refractivity contribution in [2.75, 3.05) is 26.7 Å². The summed E-state index contributed by atoms with van der Waals surface area (Å²) in [6, 6.07) is 6.97. The van der Waals surface area contributed by atoms with Crippen LogP contribution in [0.3, 0.4) is 0 Å². The van der Waals surface area contributed by atoms with E-state index in [2.05, 4.69) is 9.88 Å². The third-order valence-electron chi connectivity index (χ3n) is 7.99. The van der Waals surface area contributed by atoms with Crippen molar-refractivity contribution in [2.45, 2.75) is 57.0 Å². The molecule has 3 aliphatic rings. The van der Waals surface area contributed by atoms with Gasteiger partial charge in [-0.2, -0.15) is 0 Å². The van der Waals surface area contributed by atoms with E-state index in [0.717, 1.165) is 48.6 Å². The third-order valence-corrected chi connectivity index (χ3v) is 9.49. The maximum atomic E-state index is 14.2. The first-order valence-corrected chi connectivity index (χ1v) is 14.1. The van der Waals surface area contributed by atoms with Gasteiger partial charge in [0.2, 0.25) is 11.8 Å². The average Bonchev–Trinajstić information content (AvgIpc) is 3.57. The minimum atomic E-state index is -1.74. The lowest BCUT2D eigenvalue weighted by molar-refractivity contribution is -0.157. The van der Waals surface area contributed by atoms with Crippen molar-refractivity contribution in [3.63, 3.8) is 0 Å². The number of aliphatic carboxylic acids is 1. The number of carboxylic acids is 1. The smallest absolute Gasteiger partial charge is 0.329 e. The predicted molar refractivity (Wildman–Crippen MR) is 146 cm³/mol. The number of rotatable bonds is 8. The summed E-state index contributed by atoms with van der Waals surface area (Å²) < 4.78 is 11.3. The van der Waals surface area contributed by atoms with E-state index in [0.29, 0.717) is 16.4 Å². The molecule has 1 aromatic heterocycles. The molecule has 1 aromatic carbocycles. The highest BCUT2D eigenvalue weighted by Crippen LogP contribution is 2.52. The summed E-state index contributed by atoms with van der Waals surface area (Å²) in [6.07, 6.45) is 6.25. The minimum absolute atomic E-state index is 0.208. The number of oxazole rings is 1. The quantitative estimate of drug-likeness (QED) is 0.505. The molecule has 0 radical (unpaired) electrons. The Hall–Kier alpha value is -3.31. The number of methoxy groups -OCH3 is 1. The number of likely N-dealkylation sites (tertiary alicyclic amines) is 1. The molecule has 3 atom stereocenters.